The van der Waals surface area contributed by atoms with Crippen LogP contribution in [0, 0.1) is 0 Å². The van der Waals surface area contributed by atoms with Crippen LogP contribution in [-0.4, -0.2) is 9.38 Å². The van der Waals surface area contributed by atoms with Gasteiger partial charge in [0.1, 0.15) is 0 Å². The molecule has 82 valence electrons. The Morgan fingerprint density at radius 1 is 1.25 bits per heavy atom. The highest BCUT2D eigenvalue weighted by Crippen LogP contribution is 2.27. The highest BCUT2D eigenvalue weighted by Gasteiger charge is 2.07. The largest absolute Gasteiger partial charge is 0.297 e. The molecule has 2 heterocycles. The van der Waals surface area contributed by atoms with Crippen LogP contribution in [0.25, 0.3) is 16.2 Å². The average molecular weight is 316 g/mol. The average Bonchev–Trinajstić information content (AvgIpc) is 2.77. The predicted molar refractivity (Wildman–Crippen MR) is 73.8 cm³/mol. The number of rotatable bonds is 1. The second kappa shape index (κ2) is 4.57. The molecule has 16 heavy (non-hydrogen) atoms. The van der Waals surface area contributed by atoms with Crippen molar-refractivity contribution in [3.8, 4) is 11.3 Å². The van der Waals surface area contributed by atoms with E-state index in [0.29, 0.717) is 0 Å². The maximum atomic E-state index is 6.11. The molecule has 0 N–H and O–H groups in total. The molecule has 0 aliphatic carbocycles. The second-order valence-electron chi connectivity index (χ2n) is 3.20. The van der Waals surface area contributed by atoms with Gasteiger partial charge in [-0.05, 0) is 6.07 Å². The molecule has 5 heteroatoms. The number of hydrogen-bond donors (Lipinski definition) is 0. The molecule has 0 radical (unpaired) electrons. The van der Waals surface area contributed by atoms with Gasteiger partial charge in [-0.3, -0.25) is 4.40 Å². The molecule has 0 saturated heterocycles. The molecule has 0 amide bonds. The molecule has 2 aromatic heterocycles. The van der Waals surface area contributed by atoms with Crippen molar-refractivity contribution in [2.24, 2.45) is 0 Å². The van der Waals surface area contributed by atoms with Crippen LogP contribution in [0.3, 0.4) is 0 Å². The molecule has 3 rings (SSSR count). The van der Waals surface area contributed by atoms with Crippen LogP contribution in [0.5, 0.6) is 0 Å². The first-order valence-electron chi connectivity index (χ1n) is 4.52. The Morgan fingerprint density at radius 3 is 2.81 bits per heavy atom. The van der Waals surface area contributed by atoms with E-state index in [1.54, 1.807) is 11.3 Å². The molecule has 1 aromatic carbocycles. The van der Waals surface area contributed by atoms with Gasteiger partial charge < -0.3 is 0 Å². The molecule has 0 atom stereocenters. The minimum Gasteiger partial charge on any atom is -0.297 e. The standard InChI is InChI=1S/C11H7ClN2S.BrH/c12-9-4-2-1-3-8(9)10-7-14-5-6-15-11(14)13-10;/h1-7H;1H. The third kappa shape index (κ3) is 1.88. The minimum atomic E-state index is 0. The normalized spacial score (nSPS) is 10.3. The number of imidazole rings is 1. The fourth-order valence-electron chi connectivity index (χ4n) is 1.53. The third-order valence-corrected chi connectivity index (χ3v) is 3.34. The third-order valence-electron chi connectivity index (χ3n) is 2.24. The van der Waals surface area contributed by atoms with Gasteiger partial charge in [-0.1, -0.05) is 29.8 Å². The topological polar surface area (TPSA) is 17.3 Å². The van der Waals surface area contributed by atoms with Crippen molar-refractivity contribution in [1.29, 1.82) is 0 Å². The summed E-state index contributed by atoms with van der Waals surface area (Å²) < 4.78 is 2.00. The molecule has 0 fully saturated rings. The van der Waals surface area contributed by atoms with Gasteiger partial charge in [-0.25, -0.2) is 4.98 Å². The summed E-state index contributed by atoms with van der Waals surface area (Å²) in [5.41, 5.74) is 1.91. The van der Waals surface area contributed by atoms with Gasteiger partial charge >= 0.3 is 0 Å². The highest BCUT2D eigenvalue weighted by molar-refractivity contribution is 8.93. The van der Waals surface area contributed by atoms with Crippen LogP contribution in [-0.2, 0) is 0 Å². The summed E-state index contributed by atoms with van der Waals surface area (Å²) in [6.45, 7) is 0. The van der Waals surface area contributed by atoms with Gasteiger partial charge in [0.2, 0.25) is 0 Å². The van der Waals surface area contributed by atoms with E-state index < -0.39 is 0 Å². The van der Waals surface area contributed by atoms with Gasteiger partial charge in [-0.2, -0.15) is 0 Å². The van der Waals surface area contributed by atoms with Crippen LogP contribution >= 0.6 is 39.9 Å². The second-order valence-corrected chi connectivity index (χ2v) is 4.48. The summed E-state index contributed by atoms with van der Waals surface area (Å²) in [6, 6.07) is 7.75. The maximum Gasteiger partial charge on any atom is 0.194 e. The van der Waals surface area contributed by atoms with Crippen molar-refractivity contribution in [2.75, 3.05) is 0 Å². The summed E-state index contributed by atoms with van der Waals surface area (Å²) in [6.07, 6.45) is 3.99. The molecule has 0 spiro atoms. The van der Waals surface area contributed by atoms with E-state index in [1.165, 1.54) is 0 Å². The zero-order chi connectivity index (χ0) is 10.3. The molecular weight excluding hydrogens is 308 g/mol. The smallest absolute Gasteiger partial charge is 0.194 e. The lowest BCUT2D eigenvalue weighted by atomic mass is 10.2. The lowest BCUT2D eigenvalue weighted by Gasteiger charge is -1.97. The Kier molecular flexibility index (Phi) is 3.33. The van der Waals surface area contributed by atoms with Crippen molar-refractivity contribution >= 4 is 44.9 Å². The van der Waals surface area contributed by atoms with Gasteiger partial charge in [-0.15, -0.1) is 28.3 Å². The summed E-state index contributed by atoms with van der Waals surface area (Å²) in [5, 5.41) is 2.75. The Hall–Kier alpha value is -0.840. The first-order valence-corrected chi connectivity index (χ1v) is 5.77. The Bertz CT molecular complexity index is 589. The summed E-state index contributed by atoms with van der Waals surface area (Å²) in [7, 11) is 0. The predicted octanol–water partition coefficient (Wildman–Crippen LogP) is 4.29. The van der Waals surface area contributed by atoms with Crippen LogP contribution in [0.4, 0.5) is 0 Å². The van der Waals surface area contributed by atoms with Crippen molar-refractivity contribution in [3.05, 3.63) is 47.1 Å². The van der Waals surface area contributed by atoms with Crippen LogP contribution in [0.2, 0.25) is 5.02 Å². The number of hydrogen-bond acceptors (Lipinski definition) is 2. The number of thiazole rings is 1. The number of fused-ring (bicyclic) bond motifs is 1. The SMILES string of the molecule is Br.Clc1ccccc1-c1cn2ccsc2n1. The molecule has 3 aromatic rings. The van der Waals surface area contributed by atoms with E-state index in [2.05, 4.69) is 4.98 Å². The lowest BCUT2D eigenvalue weighted by molar-refractivity contribution is 1.23. The van der Waals surface area contributed by atoms with E-state index in [-0.39, 0.29) is 17.0 Å². The van der Waals surface area contributed by atoms with Crippen molar-refractivity contribution in [1.82, 2.24) is 9.38 Å². The fraction of sp³-hybridized carbons (Fsp3) is 0. The molecule has 0 aliphatic rings. The number of aromatic nitrogens is 2. The minimum absolute atomic E-state index is 0. The van der Waals surface area contributed by atoms with Gasteiger partial charge in [0.25, 0.3) is 0 Å². The summed E-state index contributed by atoms with van der Waals surface area (Å²) >= 11 is 7.72. The first kappa shape index (κ1) is 11.6. The highest BCUT2D eigenvalue weighted by atomic mass is 79.9. The van der Waals surface area contributed by atoms with E-state index in [1.807, 2.05) is 46.4 Å². The fourth-order valence-corrected chi connectivity index (χ4v) is 2.46. The quantitative estimate of drug-likeness (QED) is 0.654. The Labute approximate surface area is 112 Å². The summed E-state index contributed by atoms with van der Waals surface area (Å²) in [5.74, 6) is 0. The Morgan fingerprint density at radius 2 is 2.06 bits per heavy atom. The van der Waals surface area contributed by atoms with Crippen LogP contribution in [0.1, 0.15) is 0 Å². The number of halogens is 2. The zero-order valence-corrected chi connectivity index (χ0v) is 11.4. The van der Waals surface area contributed by atoms with Gasteiger partial charge in [0.15, 0.2) is 4.96 Å². The monoisotopic (exact) mass is 314 g/mol. The van der Waals surface area contributed by atoms with E-state index >= 15 is 0 Å². The van der Waals surface area contributed by atoms with Gasteiger partial charge in [0.05, 0.1) is 10.7 Å². The lowest BCUT2D eigenvalue weighted by Crippen LogP contribution is -1.77. The Balaban J connectivity index is 0.000000963. The maximum absolute atomic E-state index is 6.11. The molecule has 0 unspecified atom stereocenters. The van der Waals surface area contributed by atoms with E-state index in [9.17, 15) is 0 Å². The molecule has 0 bridgehead atoms. The molecule has 2 nitrogen and oxygen atoms in total. The van der Waals surface area contributed by atoms with Gasteiger partial charge in [0, 0.05) is 23.3 Å². The summed E-state index contributed by atoms with van der Waals surface area (Å²) in [4.78, 5) is 5.49. The molecular formula is C11H8BrClN2S. The first-order chi connectivity index (χ1) is 7.34. The number of nitrogens with zero attached hydrogens (tertiary/aromatic N) is 2. The van der Waals surface area contributed by atoms with Crippen molar-refractivity contribution in [2.45, 2.75) is 0 Å². The van der Waals surface area contributed by atoms with E-state index in [0.717, 1.165) is 21.2 Å². The van der Waals surface area contributed by atoms with Crippen LogP contribution in [0.15, 0.2) is 42.0 Å². The van der Waals surface area contributed by atoms with Crippen molar-refractivity contribution < 1.29 is 0 Å². The molecule has 0 aliphatic heterocycles. The van der Waals surface area contributed by atoms with E-state index in [4.69, 9.17) is 11.6 Å². The number of benzene rings is 1. The van der Waals surface area contributed by atoms with Crippen molar-refractivity contribution in [3.63, 3.8) is 0 Å². The zero-order valence-electron chi connectivity index (χ0n) is 8.13. The van der Waals surface area contributed by atoms with Crippen LogP contribution < -0.4 is 0 Å². The molecule has 0 saturated carbocycles.